The van der Waals surface area contributed by atoms with Crippen LogP contribution in [0.15, 0.2) is 54.9 Å². The molecule has 0 amide bonds. The molecule has 0 fully saturated rings. The first kappa shape index (κ1) is 15.7. The molecule has 1 heterocycles. The Hall–Kier alpha value is -3.22. The maximum atomic E-state index is 12.2. The van der Waals surface area contributed by atoms with Crippen LogP contribution in [-0.2, 0) is 11.3 Å². The molecule has 24 heavy (non-hydrogen) atoms. The van der Waals surface area contributed by atoms with Gasteiger partial charge in [0.1, 0.15) is 18.7 Å². The van der Waals surface area contributed by atoms with Crippen molar-refractivity contribution in [3.05, 3.63) is 66.0 Å². The van der Waals surface area contributed by atoms with Crippen LogP contribution in [-0.4, -0.2) is 32.8 Å². The zero-order valence-electron chi connectivity index (χ0n) is 13.1. The molecule has 0 saturated heterocycles. The summed E-state index contributed by atoms with van der Waals surface area (Å²) < 4.78 is 12.4. The van der Waals surface area contributed by atoms with E-state index in [4.69, 9.17) is 9.47 Å². The molecular formula is C17H16N4O3. The maximum Gasteiger partial charge on any atom is 0.338 e. The van der Waals surface area contributed by atoms with E-state index in [2.05, 4.69) is 15.5 Å². The topological polar surface area (TPSA) is 79.1 Å². The van der Waals surface area contributed by atoms with Gasteiger partial charge in [-0.3, -0.25) is 0 Å². The summed E-state index contributed by atoms with van der Waals surface area (Å²) in [7, 11) is 0. The van der Waals surface area contributed by atoms with Crippen molar-refractivity contribution in [1.29, 1.82) is 0 Å². The minimum atomic E-state index is -0.399. The Bertz CT molecular complexity index is 801. The Kier molecular flexibility index (Phi) is 4.81. The van der Waals surface area contributed by atoms with Gasteiger partial charge >= 0.3 is 5.97 Å². The number of benzene rings is 2. The van der Waals surface area contributed by atoms with Crippen molar-refractivity contribution in [3.63, 3.8) is 0 Å². The summed E-state index contributed by atoms with van der Waals surface area (Å²) in [6.07, 6.45) is 1.48. The van der Waals surface area contributed by atoms with Crippen LogP contribution in [0.3, 0.4) is 0 Å². The minimum absolute atomic E-state index is 0.157. The highest BCUT2D eigenvalue weighted by atomic mass is 16.5. The Labute approximate surface area is 138 Å². The number of para-hydroxylation sites is 1. The molecule has 1 aromatic heterocycles. The first-order chi connectivity index (χ1) is 11.8. The van der Waals surface area contributed by atoms with Crippen LogP contribution in [0, 0.1) is 0 Å². The van der Waals surface area contributed by atoms with E-state index in [-0.39, 0.29) is 6.61 Å². The van der Waals surface area contributed by atoms with Crippen molar-refractivity contribution in [3.8, 4) is 11.4 Å². The molecule has 3 aromatic rings. The average molecular weight is 324 g/mol. The third-order valence-electron chi connectivity index (χ3n) is 3.35. The number of tetrazole rings is 1. The Morgan fingerprint density at radius 3 is 2.62 bits per heavy atom. The van der Waals surface area contributed by atoms with Gasteiger partial charge in [-0.25, -0.2) is 9.48 Å². The largest absolute Gasteiger partial charge is 0.493 e. The maximum absolute atomic E-state index is 12.2. The summed E-state index contributed by atoms with van der Waals surface area (Å²) in [5.74, 6) is 0.325. The number of esters is 1. The van der Waals surface area contributed by atoms with E-state index >= 15 is 0 Å². The lowest BCUT2D eigenvalue weighted by atomic mass is 10.2. The van der Waals surface area contributed by atoms with Gasteiger partial charge in [0.25, 0.3) is 0 Å². The van der Waals surface area contributed by atoms with E-state index in [0.29, 0.717) is 12.2 Å². The smallest absolute Gasteiger partial charge is 0.338 e. The number of rotatable bonds is 6. The van der Waals surface area contributed by atoms with Crippen molar-refractivity contribution in [2.24, 2.45) is 0 Å². The standard InChI is InChI=1S/C17H16N4O3/c1-2-23-16-6-4-3-5-14(16)11-24-17(22)13-7-9-15(10-8-13)21-12-18-19-20-21/h3-10,12H,2,11H2,1H3. The fourth-order valence-electron chi connectivity index (χ4n) is 2.18. The summed E-state index contributed by atoms with van der Waals surface area (Å²) in [4.78, 5) is 12.2. The average Bonchev–Trinajstić information content (AvgIpc) is 3.16. The number of nitrogens with zero attached hydrogens (tertiary/aromatic N) is 4. The molecule has 0 bridgehead atoms. The number of hydrogen-bond acceptors (Lipinski definition) is 6. The molecule has 0 unspecified atom stereocenters. The summed E-state index contributed by atoms with van der Waals surface area (Å²) in [5.41, 5.74) is 2.05. The number of aromatic nitrogens is 4. The van der Waals surface area contributed by atoms with E-state index in [0.717, 1.165) is 17.0 Å². The van der Waals surface area contributed by atoms with Crippen molar-refractivity contribution >= 4 is 5.97 Å². The van der Waals surface area contributed by atoms with Gasteiger partial charge in [-0.1, -0.05) is 18.2 Å². The molecule has 7 heteroatoms. The summed E-state index contributed by atoms with van der Waals surface area (Å²) in [6, 6.07) is 14.3. The Morgan fingerprint density at radius 1 is 1.12 bits per heavy atom. The van der Waals surface area contributed by atoms with Gasteiger partial charge in [0.2, 0.25) is 0 Å². The Morgan fingerprint density at radius 2 is 1.92 bits per heavy atom. The molecular weight excluding hydrogens is 308 g/mol. The first-order valence-electron chi connectivity index (χ1n) is 7.49. The Balaban J connectivity index is 1.65. The van der Waals surface area contributed by atoms with Crippen molar-refractivity contribution in [2.45, 2.75) is 13.5 Å². The lowest BCUT2D eigenvalue weighted by molar-refractivity contribution is 0.0469. The fourth-order valence-corrected chi connectivity index (χ4v) is 2.18. The molecule has 0 radical (unpaired) electrons. The lowest BCUT2D eigenvalue weighted by Gasteiger charge is -2.10. The van der Waals surface area contributed by atoms with E-state index < -0.39 is 5.97 Å². The minimum Gasteiger partial charge on any atom is -0.493 e. The molecule has 3 rings (SSSR count). The molecule has 0 N–H and O–H groups in total. The van der Waals surface area contributed by atoms with Crippen LogP contribution >= 0.6 is 0 Å². The highest BCUT2D eigenvalue weighted by Crippen LogP contribution is 2.19. The fraction of sp³-hybridized carbons (Fsp3) is 0.176. The van der Waals surface area contributed by atoms with Crippen LogP contribution in [0.25, 0.3) is 5.69 Å². The first-order valence-corrected chi connectivity index (χ1v) is 7.49. The molecule has 7 nitrogen and oxygen atoms in total. The zero-order chi connectivity index (χ0) is 16.8. The quantitative estimate of drug-likeness (QED) is 0.648. The number of ether oxygens (including phenoxy) is 2. The predicted molar refractivity (Wildman–Crippen MR) is 85.9 cm³/mol. The van der Waals surface area contributed by atoms with E-state index in [9.17, 15) is 4.79 Å². The highest BCUT2D eigenvalue weighted by Gasteiger charge is 2.10. The van der Waals surface area contributed by atoms with E-state index in [1.165, 1.54) is 11.0 Å². The number of carbonyl (C=O) groups excluding carboxylic acids is 1. The zero-order valence-corrected chi connectivity index (χ0v) is 13.1. The summed E-state index contributed by atoms with van der Waals surface area (Å²) in [6.45, 7) is 2.63. The molecule has 0 spiro atoms. The van der Waals surface area contributed by atoms with Crippen molar-refractivity contribution < 1.29 is 14.3 Å². The van der Waals surface area contributed by atoms with Crippen LogP contribution in [0.1, 0.15) is 22.8 Å². The second-order valence-electron chi connectivity index (χ2n) is 4.92. The van der Waals surface area contributed by atoms with Gasteiger partial charge in [0.05, 0.1) is 17.9 Å². The summed E-state index contributed by atoms with van der Waals surface area (Å²) >= 11 is 0. The molecule has 0 saturated carbocycles. The highest BCUT2D eigenvalue weighted by molar-refractivity contribution is 5.89. The summed E-state index contributed by atoms with van der Waals surface area (Å²) in [5, 5.41) is 10.9. The molecule has 122 valence electrons. The number of carbonyl (C=O) groups is 1. The van der Waals surface area contributed by atoms with E-state index in [1.54, 1.807) is 24.3 Å². The second-order valence-corrected chi connectivity index (χ2v) is 4.92. The van der Waals surface area contributed by atoms with Gasteiger partial charge in [-0.05, 0) is 47.7 Å². The van der Waals surface area contributed by atoms with Gasteiger partial charge < -0.3 is 9.47 Å². The molecule has 0 atom stereocenters. The number of hydrogen-bond donors (Lipinski definition) is 0. The van der Waals surface area contributed by atoms with Gasteiger partial charge in [0.15, 0.2) is 0 Å². The second kappa shape index (κ2) is 7.36. The normalized spacial score (nSPS) is 10.4. The lowest BCUT2D eigenvalue weighted by Crippen LogP contribution is -2.07. The van der Waals surface area contributed by atoms with Crippen LogP contribution < -0.4 is 4.74 Å². The molecule has 0 aliphatic carbocycles. The SMILES string of the molecule is CCOc1ccccc1COC(=O)c1ccc(-n2cnnn2)cc1. The van der Waals surface area contributed by atoms with Crippen LogP contribution in [0.5, 0.6) is 5.75 Å². The van der Waals surface area contributed by atoms with E-state index in [1.807, 2.05) is 31.2 Å². The van der Waals surface area contributed by atoms with Crippen molar-refractivity contribution in [2.75, 3.05) is 6.61 Å². The van der Waals surface area contributed by atoms with Crippen molar-refractivity contribution in [1.82, 2.24) is 20.2 Å². The molecule has 2 aromatic carbocycles. The van der Waals surface area contributed by atoms with Gasteiger partial charge in [-0.15, -0.1) is 5.10 Å². The predicted octanol–water partition coefficient (Wildman–Crippen LogP) is 2.42. The van der Waals surface area contributed by atoms with Gasteiger partial charge in [-0.2, -0.15) is 0 Å². The van der Waals surface area contributed by atoms with Crippen LogP contribution in [0.4, 0.5) is 0 Å². The van der Waals surface area contributed by atoms with Crippen LogP contribution in [0.2, 0.25) is 0 Å². The third-order valence-corrected chi connectivity index (χ3v) is 3.35. The third kappa shape index (κ3) is 3.57. The molecule has 0 aliphatic heterocycles. The van der Waals surface area contributed by atoms with Gasteiger partial charge in [0, 0.05) is 5.56 Å². The molecule has 0 aliphatic rings. The monoisotopic (exact) mass is 324 g/mol.